The first-order valence-corrected chi connectivity index (χ1v) is 5.82. The van der Waals surface area contributed by atoms with Crippen molar-refractivity contribution in [1.82, 2.24) is 10.2 Å². The van der Waals surface area contributed by atoms with E-state index in [-0.39, 0.29) is 23.2 Å². The molecule has 2 N–H and O–H groups in total. The molecule has 0 unspecified atom stereocenters. The molecule has 0 atom stereocenters. The molecule has 0 aliphatic rings. The normalized spacial score (nSPS) is 11.3. The molecule has 0 saturated carbocycles. The Labute approximate surface area is 117 Å². The molecular formula is C12H11F3N4O2. The van der Waals surface area contributed by atoms with Crippen molar-refractivity contribution in [1.29, 1.82) is 0 Å². The van der Waals surface area contributed by atoms with Gasteiger partial charge in [0.2, 0.25) is 5.89 Å². The average Bonchev–Trinajstić information content (AvgIpc) is 2.82. The lowest BCUT2D eigenvalue weighted by Crippen LogP contribution is -2.17. The van der Waals surface area contributed by atoms with Crippen molar-refractivity contribution >= 4 is 17.6 Å². The molecule has 0 bridgehead atoms. The molecule has 0 fully saturated rings. The van der Waals surface area contributed by atoms with Crippen LogP contribution < -0.4 is 10.6 Å². The van der Waals surface area contributed by atoms with Gasteiger partial charge in [-0.25, -0.2) is 0 Å². The van der Waals surface area contributed by atoms with Gasteiger partial charge in [-0.3, -0.25) is 10.1 Å². The minimum Gasteiger partial charge on any atom is -0.408 e. The molecule has 6 nitrogen and oxygen atoms in total. The number of nitrogens with zero attached hydrogens (tertiary/aromatic N) is 2. The maximum absolute atomic E-state index is 12.9. The van der Waals surface area contributed by atoms with Crippen LogP contribution in [0.5, 0.6) is 0 Å². The zero-order valence-corrected chi connectivity index (χ0v) is 11.1. The van der Waals surface area contributed by atoms with E-state index >= 15 is 0 Å². The predicted molar refractivity (Wildman–Crippen MR) is 68.0 cm³/mol. The highest BCUT2D eigenvalue weighted by Gasteiger charge is 2.35. The minimum absolute atomic E-state index is 0.178. The number of carbonyl (C=O) groups is 1. The lowest BCUT2D eigenvalue weighted by atomic mass is 10.1. The first kappa shape index (κ1) is 14.8. The molecule has 2 aromatic rings. The van der Waals surface area contributed by atoms with Crippen LogP contribution in [-0.2, 0) is 6.18 Å². The van der Waals surface area contributed by atoms with Crippen LogP contribution in [0.25, 0.3) is 0 Å². The van der Waals surface area contributed by atoms with E-state index in [2.05, 4.69) is 20.8 Å². The molecule has 1 aromatic heterocycles. The SMILES string of the molecule is CNc1c(C(=O)Nc2nnc(C)o2)cccc1C(F)(F)F. The van der Waals surface area contributed by atoms with Crippen molar-refractivity contribution in [3.63, 3.8) is 0 Å². The van der Waals surface area contributed by atoms with Gasteiger partial charge in [0.25, 0.3) is 5.91 Å². The zero-order chi connectivity index (χ0) is 15.6. The Hall–Kier alpha value is -2.58. The van der Waals surface area contributed by atoms with Crippen LogP contribution >= 0.6 is 0 Å². The smallest absolute Gasteiger partial charge is 0.408 e. The summed E-state index contributed by atoms with van der Waals surface area (Å²) in [7, 11) is 1.30. The summed E-state index contributed by atoms with van der Waals surface area (Å²) in [6.07, 6.45) is -4.57. The fourth-order valence-corrected chi connectivity index (χ4v) is 1.76. The number of benzene rings is 1. The van der Waals surface area contributed by atoms with Crippen molar-refractivity contribution in [2.45, 2.75) is 13.1 Å². The summed E-state index contributed by atoms with van der Waals surface area (Å²) >= 11 is 0. The van der Waals surface area contributed by atoms with Gasteiger partial charge < -0.3 is 9.73 Å². The van der Waals surface area contributed by atoms with Gasteiger partial charge >= 0.3 is 12.2 Å². The number of hydrogen-bond donors (Lipinski definition) is 2. The van der Waals surface area contributed by atoms with Crippen molar-refractivity contribution in [3.05, 3.63) is 35.2 Å². The first-order chi connectivity index (χ1) is 9.82. The summed E-state index contributed by atoms with van der Waals surface area (Å²) in [5.41, 5.74) is -1.43. The fourth-order valence-electron chi connectivity index (χ4n) is 1.76. The Morgan fingerprint density at radius 3 is 2.52 bits per heavy atom. The summed E-state index contributed by atoms with van der Waals surface area (Å²) in [5.74, 6) is -0.558. The Balaban J connectivity index is 2.37. The van der Waals surface area contributed by atoms with Gasteiger partial charge in [-0.05, 0) is 12.1 Å². The van der Waals surface area contributed by atoms with Crippen LogP contribution in [0.4, 0.5) is 24.9 Å². The van der Waals surface area contributed by atoms with Crippen LogP contribution in [0, 0.1) is 6.92 Å². The van der Waals surface area contributed by atoms with E-state index < -0.39 is 17.6 Å². The number of aromatic nitrogens is 2. The quantitative estimate of drug-likeness (QED) is 0.911. The molecule has 21 heavy (non-hydrogen) atoms. The van der Waals surface area contributed by atoms with Crippen molar-refractivity contribution in [2.75, 3.05) is 17.7 Å². The zero-order valence-electron chi connectivity index (χ0n) is 11.1. The molecule has 1 aromatic carbocycles. The van der Waals surface area contributed by atoms with Gasteiger partial charge in [0, 0.05) is 14.0 Å². The predicted octanol–water partition coefficient (Wildman–Crippen LogP) is 2.69. The number of carbonyl (C=O) groups excluding carboxylic acids is 1. The first-order valence-electron chi connectivity index (χ1n) is 5.82. The van der Waals surface area contributed by atoms with Crippen molar-refractivity contribution < 1.29 is 22.4 Å². The summed E-state index contributed by atoms with van der Waals surface area (Å²) in [6, 6.07) is 3.12. The largest absolute Gasteiger partial charge is 0.418 e. The van der Waals surface area contributed by atoms with E-state index in [0.717, 1.165) is 12.1 Å². The number of hydrogen-bond acceptors (Lipinski definition) is 5. The summed E-state index contributed by atoms with van der Waals surface area (Å²) < 4.78 is 43.6. The van der Waals surface area contributed by atoms with Crippen LogP contribution in [-0.4, -0.2) is 23.2 Å². The van der Waals surface area contributed by atoms with Crippen LogP contribution in [0.3, 0.4) is 0 Å². The third kappa shape index (κ3) is 3.12. The van der Waals surface area contributed by atoms with E-state index in [1.54, 1.807) is 0 Å². The molecule has 0 saturated heterocycles. The molecule has 0 aliphatic heterocycles. The van der Waals surface area contributed by atoms with E-state index in [1.807, 2.05) is 0 Å². The third-order valence-corrected chi connectivity index (χ3v) is 2.61. The summed E-state index contributed by atoms with van der Waals surface area (Å²) in [5, 5.41) is 11.7. The number of halogens is 3. The molecule has 0 aliphatic carbocycles. The number of para-hydroxylation sites is 1. The second kappa shape index (κ2) is 5.43. The molecule has 2 rings (SSSR count). The molecular weight excluding hydrogens is 289 g/mol. The lowest BCUT2D eigenvalue weighted by Gasteiger charge is -2.15. The van der Waals surface area contributed by atoms with Crippen LogP contribution in [0.2, 0.25) is 0 Å². The molecule has 112 valence electrons. The van der Waals surface area contributed by atoms with Gasteiger partial charge in [-0.2, -0.15) is 13.2 Å². The molecule has 0 radical (unpaired) electrons. The van der Waals surface area contributed by atoms with Gasteiger partial charge in [0.05, 0.1) is 16.8 Å². The van der Waals surface area contributed by atoms with Crippen LogP contribution in [0.1, 0.15) is 21.8 Å². The number of rotatable bonds is 3. The van der Waals surface area contributed by atoms with E-state index in [0.29, 0.717) is 0 Å². The molecule has 9 heteroatoms. The highest BCUT2D eigenvalue weighted by Crippen LogP contribution is 2.36. The summed E-state index contributed by atoms with van der Waals surface area (Å²) in [4.78, 5) is 12.0. The molecule has 1 amide bonds. The number of anilines is 2. The highest BCUT2D eigenvalue weighted by atomic mass is 19.4. The maximum atomic E-state index is 12.9. The van der Waals surface area contributed by atoms with E-state index in [4.69, 9.17) is 4.42 Å². The monoisotopic (exact) mass is 300 g/mol. The standard InChI is InChI=1S/C12H11F3N4O2/c1-6-18-19-11(21-6)17-10(20)7-4-3-5-8(9(7)16-2)12(13,14)15/h3-5,16H,1-2H3,(H,17,19,20). The lowest BCUT2D eigenvalue weighted by molar-refractivity contribution is -0.136. The van der Waals surface area contributed by atoms with Crippen LogP contribution in [0.15, 0.2) is 22.6 Å². The van der Waals surface area contributed by atoms with Gasteiger partial charge in [0.15, 0.2) is 0 Å². The Morgan fingerprint density at radius 1 is 1.29 bits per heavy atom. The number of alkyl halides is 3. The Bertz CT molecular complexity index is 667. The number of nitrogens with one attached hydrogen (secondary N) is 2. The van der Waals surface area contributed by atoms with Gasteiger partial charge in [-0.15, -0.1) is 5.10 Å². The number of aryl methyl sites for hydroxylation is 1. The van der Waals surface area contributed by atoms with Crippen molar-refractivity contribution in [2.24, 2.45) is 0 Å². The molecule has 1 heterocycles. The second-order valence-electron chi connectivity index (χ2n) is 4.06. The van der Waals surface area contributed by atoms with Gasteiger partial charge in [-0.1, -0.05) is 11.2 Å². The van der Waals surface area contributed by atoms with E-state index in [9.17, 15) is 18.0 Å². The summed E-state index contributed by atoms with van der Waals surface area (Å²) in [6.45, 7) is 1.52. The molecule has 0 spiro atoms. The topological polar surface area (TPSA) is 80.0 Å². The maximum Gasteiger partial charge on any atom is 0.418 e. The van der Waals surface area contributed by atoms with Gasteiger partial charge in [0.1, 0.15) is 0 Å². The Morgan fingerprint density at radius 2 is 2.00 bits per heavy atom. The third-order valence-electron chi connectivity index (χ3n) is 2.61. The average molecular weight is 300 g/mol. The minimum atomic E-state index is -4.57. The van der Waals surface area contributed by atoms with E-state index in [1.165, 1.54) is 20.0 Å². The fraction of sp³-hybridized carbons (Fsp3) is 0.250. The highest BCUT2D eigenvalue weighted by molar-refractivity contribution is 6.07. The van der Waals surface area contributed by atoms with Crippen molar-refractivity contribution in [3.8, 4) is 0 Å². The second-order valence-corrected chi connectivity index (χ2v) is 4.06. The number of amides is 1. The Kier molecular flexibility index (Phi) is 3.83.